The lowest BCUT2D eigenvalue weighted by Gasteiger charge is -2.34. The summed E-state index contributed by atoms with van der Waals surface area (Å²) >= 11 is 1.46. The third-order valence-corrected chi connectivity index (χ3v) is 4.33. The van der Waals surface area contributed by atoms with Gasteiger partial charge < -0.3 is 10.2 Å². The smallest absolute Gasteiger partial charge is 0.266 e. The molecule has 0 spiro atoms. The Bertz CT molecular complexity index is 399. The van der Waals surface area contributed by atoms with Gasteiger partial charge in [-0.05, 0) is 39.3 Å². The molecule has 1 aliphatic rings. The van der Waals surface area contributed by atoms with E-state index < -0.39 is 0 Å². The van der Waals surface area contributed by atoms with E-state index in [4.69, 9.17) is 0 Å². The van der Waals surface area contributed by atoms with Crippen molar-refractivity contribution >= 4 is 17.2 Å². The Morgan fingerprint density at radius 1 is 1.56 bits per heavy atom. The molecule has 0 atom stereocenters. The fourth-order valence-electron chi connectivity index (χ4n) is 2.45. The molecule has 0 bridgehead atoms. The van der Waals surface area contributed by atoms with Gasteiger partial charge in [-0.15, -0.1) is 11.3 Å². The lowest BCUT2D eigenvalue weighted by molar-refractivity contribution is 0.0646. The third kappa shape index (κ3) is 2.90. The van der Waals surface area contributed by atoms with Crippen LogP contribution in [0.2, 0.25) is 0 Å². The molecular formula is C13H21N3OS. The number of aromatic nitrogens is 1. The van der Waals surface area contributed by atoms with Gasteiger partial charge in [0, 0.05) is 12.6 Å². The number of nitrogens with one attached hydrogen (secondary N) is 1. The first-order valence-corrected chi connectivity index (χ1v) is 7.53. The molecule has 4 nitrogen and oxygen atoms in total. The van der Waals surface area contributed by atoms with Crippen molar-refractivity contribution in [1.82, 2.24) is 15.2 Å². The van der Waals surface area contributed by atoms with E-state index in [-0.39, 0.29) is 5.91 Å². The van der Waals surface area contributed by atoms with Crippen LogP contribution in [-0.2, 0) is 0 Å². The minimum Gasteiger partial charge on any atom is -0.335 e. The van der Waals surface area contributed by atoms with Gasteiger partial charge in [0.25, 0.3) is 5.91 Å². The third-order valence-electron chi connectivity index (χ3n) is 3.41. The summed E-state index contributed by atoms with van der Waals surface area (Å²) in [5.41, 5.74) is 2.62. The molecule has 0 radical (unpaired) electrons. The number of amides is 1. The van der Waals surface area contributed by atoms with Gasteiger partial charge in [0.15, 0.2) is 0 Å². The van der Waals surface area contributed by atoms with Crippen molar-refractivity contribution in [2.45, 2.75) is 39.2 Å². The Morgan fingerprint density at radius 2 is 2.28 bits per heavy atom. The molecule has 0 unspecified atom stereocenters. The van der Waals surface area contributed by atoms with E-state index in [1.807, 2.05) is 6.92 Å². The van der Waals surface area contributed by atoms with Crippen LogP contribution in [0.4, 0.5) is 0 Å². The monoisotopic (exact) mass is 267 g/mol. The summed E-state index contributed by atoms with van der Waals surface area (Å²) in [4.78, 5) is 19.6. The fourth-order valence-corrected chi connectivity index (χ4v) is 3.20. The zero-order chi connectivity index (χ0) is 13.0. The number of hydrogen-bond donors (Lipinski definition) is 1. The molecule has 2 heterocycles. The van der Waals surface area contributed by atoms with Crippen LogP contribution in [0.3, 0.4) is 0 Å². The number of thiazole rings is 1. The molecule has 5 heteroatoms. The standard InChI is InChI=1S/C13H21N3OS/c1-3-8-16(11-4-6-14-7-5-11)13(17)12-10(2)15-9-18-12/h9,11,14H,3-8H2,1-2H3. The Labute approximate surface area is 112 Å². The van der Waals surface area contributed by atoms with Crippen LogP contribution < -0.4 is 5.32 Å². The molecule has 2 rings (SSSR count). The van der Waals surface area contributed by atoms with Gasteiger partial charge in [0.1, 0.15) is 4.88 Å². The fraction of sp³-hybridized carbons (Fsp3) is 0.692. The topological polar surface area (TPSA) is 45.2 Å². The van der Waals surface area contributed by atoms with E-state index >= 15 is 0 Å². The van der Waals surface area contributed by atoms with E-state index in [1.54, 1.807) is 5.51 Å². The van der Waals surface area contributed by atoms with Crippen molar-refractivity contribution in [3.8, 4) is 0 Å². The van der Waals surface area contributed by atoms with Crippen LogP contribution in [0.25, 0.3) is 0 Å². The van der Waals surface area contributed by atoms with Gasteiger partial charge in [-0.2, -0.15) is 0 Å². The van der Waals surface area contributed by atoms with Crippen LogP contribution in [0.15, 0.2) is 5.51 Å². The van der Waals surface area contributed by atoms with Crippen molar-refractivity contribution < 1.29 is 4.79 Å². The Hall–Kier alpha value is -0.940. The summed E-state index contributed by atoms with van der Waals surface area (Å²) in [6.45, 7) is 6.91. The number of piperidine rings is 1. The van der Waals surface area contributed by atoms with Crippen LogP contribution >= 0.6 is 11.3 Å². The van der Waals surface area contributed by atoms with Crippen LogP contribution in [-0.4, -0.2) is 41.5 Å². The molecule has 1 N–H and O–H groups in total. The first-order chi connectivity index (χ1) is 8.74. The molecule has 100 valence electrons. The van der Waals surface area contributed by atoms with Gasteiger partial charge in [-0.1, -0.05) is 6.92 Å². The van der Waals surface area contributed by atoms with E-state index in [9.17, 15) is 4.79 Å². The summed E-state index contributed by atoms with van der Waals surface area (Å²) in [7, 11) is 0. The maximum atomic E-state index is 12.6. The quantitative estimate of drug-likeness (QED) is 0.908. The minimum absolute atomic E-state index is 0.170. The van der Waals surface area contributed by atoms with Crippen LogP contribution in [0, 0.1) is 6.92 Å². The Balaban J connectivity index is 2.13. The maximum absolute atomic E-state index is 12.6. The SMILES string of the molecule is CCCN(C(=O)c1scnc1C)C1CCNCC1. The molecule has 18 heavy (non-hydrogen) atoms. The Morgan fingerprint density at radius 3 is 2.83 bits per heavy atom. The highest BCUT2D eigenvalue weighted by molar-refractivity contribution is 7.11. The highest BCUT2D eigenvalue weighted by atomic mass is 32.1. The van der Waals surface area contributed by atoms with Gasteiger partial charge in [-0.3, -0.25) is 4.79 Å². The number of nitrogens with zero attached hydrogens (tertiary/aromatic N) is 2. The first kappa shape index (κ1) is 13.5. The van der Waals surface area contributed by atoms with Crippen molar-refractivity contribution in [3.05, 3.63) is 16.1 Å². The second-order valence-corrected chi connectivity index (χ2v) is 5.60. The lowest BCUT2D eigenvalue weighted by atomic mass is 10.0. The number of aryl methyl sites for hydroxylation is 1. The van der Waals surface area contributed by atoms with Crippen LogP contribution in [0.5, 0.6) is 0 Å². The molecule has 1 saturated heterocycles. The number of hydrogen-bond acceptors (Lipinski definition) is 4. The predicted molar refractivity (Wildman–Crippen MR) is 74.1 cm³/mol. The molecule has 1 aromatic rings. The van der Waals surface area contributed by atoms with E-state index in [1.165, 1.54) is 11.3 Å². The Kier molecular flexibility index (Phi) is 4.72. The van der Waals surface area contributed by atoms with Gasteiger partial charge >= 0.3 is 0 Å². The predicted octanol–water partition coefficient (Wildman–Crippen LogP) is 2.06. The van der Waals surface area contributed by atoms with Gasteiger partial charge in [-0.25, -0.2) is 4.98 Å². The number of carbonyl (C=O) groups excluding carboxylic acids is 1. The van der Waals surface area contributed by atoms with Crippen molar-refractivity contribution in [3.63, 3.8) is 0 Å². The van der Waals surface area contributed by atoms with Crippen LogP contribution in [0.1, 0.15) is 41.6 Å². The average molecular weight is 267 g/mol. The van der Waals surface area contributed by atoms with E-state index in [2.05, 4.69) is 22.1 Å². The molecule has 1 fully saturated rings. The zero-order valence-electron chi connectivity index (χ0n) is 11.1. The number of rotatable bonds is 4. The molecule has 1 aliphatic heterocycles. The van der Waals surface area contributed by atoms with Crippen molar-refractivity contribution in [1.29, 1.82) is 0 Å². The second-order valence-electron chi connectivity index (χ2n) is 4.75. The molecular weight excluding hydrogens is 246 g/mol. The number of carbonyl (C=O) groups is 1. The highest BCUT2D eigenvalue weighted by Crippen LogP contribution is 2.20. The normalized spacial score (nSPS) is 16.8. The molecule has 1 amide bonds. The van der Waals surface area contributed by atoms with E-state index in [0.29, 0.717) is 6.04 Å². The largest absolute Gasteiger partial charge is 0.335 e. The second kappa shape index (κ2) is 6.29. The summed E-state index contributed by atoms with van der Waals surface area (Å²) in [5.74, 6) is 0.170. The molecule has 1 aromatic heterocycles. The van der Waals surface area contributed by atoms with Crippen molar-refractivity contribution in [2.24, 2.45) is 0 Å². The summed E-state index contributed by atoms with van der Waals surface area (Å²) < 4.78 is 0. The zero-order valence-corrected chi connectivity index (χ0v) is 11.9. The van der Waals surface area contributed by atoms with Gasteiger partial charge in [0.2, 0.25) is 0 Å². The minimum atomic E-state index is 0.170. The summed E-state index contributed by atoms with van der Waals surface area (Å²) in [5, 5.41) is 3.35. The summed E-state index contributed by atoms with van der Waals surface area (Å²) in [6, 6.07) is 0.389. The lowest BCUT2D eigenvalue weighted by Crippen LogP contribution is -2.46. The maximum Gasteiger partial charge on any atom is 0.266 e. The average Bonchev–Trinajstić information content (AvgIpc) is 2.82. The van der Waals surface area contributed by atoms with Gasteiger partial charge in [0.05, 0.1) is 11.2 Å². The summed E-state index contributed by atoms with van der Waals surface area (Å²) in [6.07, 6.45) is 3.13. The molecule has 0 saturated carbocycles. The first-order valence-electron chi connectivity index (χ1n) is 6.65. The van der Waals surface area contributed by atoms with Crippen molar-refractivity contribution in [2.75, 3.05) is 19.6 Å². The molecule has 0 aromatic carbocycles. The molecule has 0 aliphatic carbocycles. The van der Waals surface area contributed by atoms with E-state index in [0.717, 1.165) is 49.5 Å². The highest BCUT2D eigenvalue weighted by Gasteiger charge is 2.27.